The second kappa shape index (κ2) is 6.18. The van der Waals surface area contributed by atoms with Crippen molar-refractivity contribution in [2.75, 3.05) is 6.61 Å². The van der Waals surface area contributed by atoms with E-state index in [1.807, 2.05) is 6.08 Å². The quantitative estimate of drug-likeness (QED) is 0.706. The Labute approximate surface area is 114 Å². The molecule has 0 atom stereocenters. The zero-order chi connectivity index (χ0) is 13.8. The SMILES string of the molecule is C=CC1CCC(COc2ccc(C)c(F)c2F)CC1.[HH]. The molecule has 0 radical (unpaired) electrons. The van der Waals surface area contributed by atoms with Crippen LogP contribution in [0, 0.1) is 30.4 Å². The molecule has 0 aromatic heterocycles. The van der Waals surface area contributed by atoms with E-state index in [0.717, 1.165) is 25.7 Å². The highest BCUT2D eigenvalue weighted by Crippen LogP contribution is 2.30. The Morgan fingerprint density at radius 2 is 1.95 bits per heavy atom. The molecule has 3 heteroatoms. The van der Waals surface area contributed by atoms with Gasteiger partial charge in [-0.05, 0) is 56.1 Å². The van der Waals surface area contributed by atoms with Crippen LogP contribution in [0.4, 0.5) is 8.78 Å². The summed E-state index contributed by atoms with van der Waals surface area (Å²) in [6.45, 7) is 5.81. The lowest BCUT2D eigenvalue weighted by atomic mass is 9.82. The van der Waals surface area contributed by atoms with Crippen molar-refractivity contribution in [1.82, 2.24) is 0 Å². The van der Waals surface area contributed by atoms with Crippen LogP contribution in [0.1, 0.15) is 32.7 Å². The van der Waals surface area contributed by atoms with Gasteiger partial charge in [-0.3, -0.25) is 0 Å². The topological polar surface area (TPSA) is 9.23 Å². The fraction of sp³-hybridized carbons (Fsp3) is 0.500. The van der Waals surface area contributed by atoms with Crippen LogP contribution in [0.15, 0.2) is 24.8 Å². The lowest BCUT2D eigenvalue weighted by Crippen LogP contribution is -2.19. The van der Waals surface area contributed by atoms with Gasteiger partial charge in [0, 0.05) is 1.43 Å². The Bertz CT molecular complexity index is 454. The van der Waals surface area contributed by atoms with Crippen molar-refractivity contribution in [3.05, 3.63) is 42.0 Å². The van der Waals surface area contributed by atoms with Gasteiger partial charge in [0.1, 0.15) is 0 Å². The summed E-state index contributed by atoms with van der Waals surface area (Å²) in [5.41, 5.74) is 0.302. The molecular formula is C16H22F2O. The van der Waals surface area contributed by atoms with Crippen molar-refractivity contribution in [3.8, 4) is 5.75 Å². The number of halogens is 2. The third kappa shape index (κ3) is 3.34. The number of ether oxygens (including phenoxy) is 1. The van der Waals surface area contributed by atoms with Gasteiger partial charge in [0.25, 0.3) is 0 Å². The number of aryl methyl sites for hydroxylation is 1. The van der Waals surface area contributed by atoms with Gasteiger partial charge >= 0.3 is 0 Å². The molecule has 19 heavy (non-hydrogen) atoms. The van der Waals surface area contributed by atoms with Crippen molar-refractivity contribution in [2.45, 2.75) is 32.6 Å². The summed E-state index contributed by atoms with van der Waals surface area (Å²) in [5.74, 6) is -0.633. The normalized spacial score (nSPS) is 23.1. The number of hydrogen-bond donors (Lipinski definition) is 0. The second-order valence-electron chi connectivity index (χ2n) is 5.34. The number of rotatable bonds is 4. The molecule has 1 aliphatic rings. The van der Waals surface area contributed by atoms with E-state index < -0.39 is 11.6 Å². The monoisotopic (exact) mass is 268 g/mol. The molecule has 0 amide bonds. The minimum Gasteiger partial charge on any atom is -0.490 e. The van der Waals surface area contributed by atoms with E-state index in [2.05, 4.69) is 6.58 Å². The van der Waals surface area contributed by atoms with Crippen LogP contribution in [0.3, 0.4) is 0 Å². The van der Waals surface area contributed by atoms with Crippen molar-refractivity contribution in [3.63, 3.8) is 0 Å². The third-order valence-electron chi connectivity index (χ3n) is 3.94. The van der Waals surface area contributed by atoms with Crippen LogP contribution >= 0.6 is 0 Å². The summed E-state index contributed by atoms with van der Waals surface area (Å²) in [6.07, 6.45) is 6.36. The van der Waals surface area contributed by atoms with Gasteiger partial charge in [0.15, 0.2) is 11.6 Å². The fourth-order valence-electron chi connectivity index (χ4n) is 2.54. The molecule has 1 saturated carbocycles. The summed E-state index contributed by atoms with van der Waals surface area (Å²) in [4.78, 5) is 0. The molecule has 1 fully saturated rings. The molecule has 0 N–H and O–H groups in total. The Balaban J connectivity index is 0.00000200. The first kappa shape index (κ1) is 14.0. The van der Waals surface area contributed by atoms with Crippen LogP contribution in [-0.4, -0.2) is 6.61 Å². The molecule has 1 aromatic carbocycles. The number of allylic oxidation sites excluding steroid dienone is 1. The van der Waals surface area contributed by atoms with Crippen LogP contribution in [0.5, 0.6) is 5.75 Å². The van der Waals surface area contributed by atoms with Crippen molar-refractivity contribution in [2.24, 2.45) is 11.8 Å². The predicted molar refractivity (Wildman–Crippen MR) is 74.3 cm³/mol. The van der Waals surface area contributed by atoms with Gasteiger partial charge in [-0.2, -0.15) is 4.39 Å². The Kier molecular flexibility index (Phi) is 4.56. The summed E-state index contributed by atoms with van der Waals surface area (Å²) in [5, 5.41) is 0. The van der Waals surface area contributed by atoms with E-state index >= 15 is 0 Å². The van der Waals surface area contributed by atoms with Crippen LogP contribution in [0.25, 0.3) is 0 Å². The fourth-order valence-corrected chi connectivity index (χ4v) is 2.54. The van der Waals surface area contributed by atoms with Gasteiger partial charge in [-0.15, -0.1) is 6.58 Å². The Hall–Kier alpha value is -1.38. The van der Waals surface area contributed by atoms with Crippen molar-refractivity contribution < 1.29 is 14.9 Å². The van der Waals surface area contributed by atoms with Crippen molar-refractivity contribution in [1.29, 1.82) is 0 Å². The molecule has 0 saturated heterocycles. The molecule has 2 rings (SSSR count). The maximum absolute atomic E-state index is 13.6. The predicted octanol–water partition coefficient (Wildman–Crippen LogP) is 4.89. The third-order valence-corrected chi connectivity index (χ3v) is 3.94. The first-order valence-electron chi connectivity index (χ1n) is 6.81. The van der Waals surface area contributed by atoms with E-state index in [1.54, 1.807) is 13.0 Å². The molecule has 1 nitrogen and oxygen atoms in total. The first-order chi connectivity index (χ1) is 9.11. The van der Waals surface area contributed by atoms with Crippen LogP contribution < -0.4 is 4.74 Å². The highest BCUT2D eigenvalue weighted by Gasteiger charge is 2.20. The molecule has 106 valence electrons. The van der Waals surface area contributed by atoms with E-state index in [4.69, 9.17) is 4.74 Å². The van der Waals surface area contributed by atoms with Crippen molar-refractivity contribution >= 4 is 0 Å². The van der Waals surface area contributed by atoms with Gasteiger partial charge in [-0.1, -0.05) is 12.1 Å². The van der Waals surface area contributed by atoms with Gasteiger partial charge in [-0.25, -0.2) is 4.39 Å². The Morgan fingerprint density at radius 1 is 1.26 bits per heavy atom. The molecule has 0 spiro atoms. The smallest absolute Gasteiger partial charge is 0.200 e. The number of hydrogen-bond acceptors (Lipinski definition) is 1. The molecule has 0 bridgehead atoms. The highest BCUT2D eigenvalue weighted by atomic mass is 19.2. The Morgan fingerprint density at radius 3 is 2.58 bits per heavy atom. The minimum absolute atomic E-state index is 0. The van der Waals surface area contributed by atoms with E-state index in [0.29, 0.717) is 24.0 Å². The summed E-state index contributed by atoms with van der Waals surface area (Å²) in [7, 11) is 0. The second-order valence-corrected chi connectivity index (χ2v) is 5.34. The molecule has 0 unspecified atom stereocenters. The standard InChI is InChI=1S/C16H20F2O.H2/c1-3-12-5-7-13(8-6-12)10-19-14-9-4-11(2)15(17)16(14)18;/h3-4,9,12-13H,1,5-8,10H2,2H3;1H. The zero-order valence-electron chi connectivity index (χ0n) is 11.3. The maximum Gasteiger partial charge on any atom is 0.200 e. The molecule has 0 aliphatic heterocycles. The average Bonchev–Trinajstić information content (AvgIpc) is 2.45. The molecule has 1 aromatic rings. The molecule has 1 aliphatic carbocycles. The average molecular weight is 268 g/mol. The first-order valence-corrected chi connectivity index (χ1v) is 6.81. The molecule has 0 heterocycles. The summed E-state index contributed by atoms with van der Waals surface area (Å²) >= 11 is 0. The highest BCUT2D eigenvalue weighted by molar-refractivity contribution is 5.30. The van der Waals surface area contributed by atoms with Gasteiger partial charge in [0.2, 0.25) is 5.82 Å². The largest absolute Gasteiger partial charge is 0.490 e. The van der Waals surface area contributed by atoms with Gasteiger partial charge in [0.05, 0.1) is 6.61 Å². The van der Waals surface area contributed by atoms with E-state index in [1.165, 1.54) is 6.07 Å². The summed E-state index contributed by atoms with van der Waals surface area (Å²) in [6, 6.07) is 3.05. The lowest BCUT2D eigenvalue weighted by Gasteiger charge is -2.26. The lowest BCUT2D eigenvalue weighted by molar-refractivity contribution is 0.188. The number of benzene rings is 1. The summed E-state index contributed by atoms with van der Waals surface area (Å²) < 4.78 is 32.4. The molecular weight excluding hydrogens is 246 g/mol. The maximum atomic E-state index is 13.6. The van der Waals surface area contributed by atoms with Crippen LogP contribution in [0.2, 0.25) is 0 Å². The van der Waals surface area contributed by atoms with Gasteiger partial charge < -0.3 is 4.74 Å². The van der Waals surface area contributed by atoms with E-state index in [-0.39, 0.29) is 7.18 Å². The minimum atomic E-state index is -0.875. The van der Waals surface area contributed by atoms with E-state index in [9.17, 15) is 8.78 Å². The zero-order valence-corrected chi connectivity index (χ0v) is 11.3. The van der Waals surface area contributed by atoms with Crippen LogP contribution in [-0.2, 0) is 0 Å².